The van der Waals surface area contributed by atoms with E-state index in [1.165, 1.54) is 0 Å². The lowest BCUT2D eigenvalue weighted by molar-refractivity contribution is -0.133. The molecule has 3 rings (SSSR count). The van der Waals surface area contributed by atoms with Crippen LogP contribution in [-0.4, -0.2) is 61.9 Å². The van der Waals surface area contributed by atoms with Gasteiger partial charge in [0.25, 0.3) is 0 Å². The Kier molecular flexibility index (Phi) is 5.34. The number of fused-ring (bicyclic) bond motifs is 1. The lowest BCUT2D eigenvalue weighted by Crippen LogP contribution is -2.61. The van der Waals surface area contributed by atoms with E-state index in [4.69, 9.17) is 18.0 Å². The summed E-state index contributed by atoms with van der Waals surface area (Å²) >= 11 is 7.33. The highest BCUT2D eigenvalue weighted by Crippen LogP contribution is 2.39. The number of aliphatic hydroxyl groups excluding tert-OH is 2. The van der Waals surface area contributed by atoms with Crippen LogP contribution in [0.4, 0.5) is 0 Å². The summed E-state index contributed by atoms with van der Waals surface area (Å²) < 4.78 is 0. The predicted octanol–water partition coefficient (Wildman–Crippen LogP) is 0.771. The molecule has 0 spiro atoms. The van der Waals surface area contributed by atoms with Gasteiger partial charge in [0.05, 0.1) is 30.7 Å². The first-order valence-electron chi connectivity index (χ1n) is 8.56. The Morgan fingerprint density at radius 2 is 2.12 bits per heavy atom. The molecule has 6 nitrogen and oxygen atoms in total. The third-order valence-corrected chi connectivity index (χ3v) is 6.38. The first kappa shape index (κ1) is 18.6. The Bertz CT molecular complexity index is 637. The van der Waals surface area contributed by atoms with Gasteiger partial charge in [-0.3, -0.25) is 4.79 Å². The molecule has 2 fully saturated rings. The third-order valence-electron chi connectivity index (χ3n) is 5.05. The lowest BCUT2D eigenvalue weighted by Gasteiger charge is -2.42. The fourth-order valence-electron chi connectivity index (χ4n) is 4.02. The molecular formula is C17H25N3O3S2. The van der Waals surface area contributed by atoms with Gasteiger partial charge in [0.1, 0.15) is 6.10 Å². The van der Waals surface area contributed by atoms with Crippen molar-refractivity contribution >= 4 is 34.6 Å². The number of rotatable bonds is 5. The van der Waals surface area contributed by atoms with Crippen molar-refractivity contribution in [2.45, 2.75) is 51.1 Å². The van der Waals surface area contributed by atoms with Crippen molar-refractivity contribution in [2.75, 3.05) is 6.54 Å². The summed E-state index contributed by atoms with van der Waals surface area (Å²) in [7, 11) is 0. The standard InChI is InChI=1S/C17H25N3O3S2/c1-9(2)7-19-13-11(16(18)23)6-12(21)15(22)14(13)20(17(19)24)8-10-4-3-5-25-10/h3-5,9,11-15,21-22H,6-8H2,1-2H3,(H2,18,23)/t11-,12-,13-,14-,15+/m1/s1. The normalized spacial score (nSPS) is 32.4. The highest BCUT2D eigenvalue weighted by Gasteiger charge is 2.56. The number of carbonyl (C=O) groups excluding carboxylic acids is 1. The van der Waals surface area contributed by atoms with Crippen LogP contribution in [0.2, 0.25) is 0 Å². The molecule has 1 saturated carbocycles. The zero-order chi connectivity index (χ0) is 18.3. The number of nitrogens with zero attached hydrogens (tertiary/aromatic N) is 2. The molecule has 0 radical (unpaired) electrons. The molecule has 2 heterocycles. The van der Waals surface area contributed by atoms with Crippen LogP contribution in [-0.2, 0) is 11.3 Å². The quantitative estimate of drug-likeness (QED) is 0.651. The molecule has 1 aliphatic heterocycles. The van der Waals surface area contributed by atoms with Crippen LogP contribution in [0.1, 0.15) is 25.1 Å². The van der Waals surface area contributed by atoms with Gasteiger partial charge in [0.2, 0.25) is 5.91 Å². The van der Waals surface area contributed by atoms with Crippen LogP contribution in [0.25, 0.3) is 0 Å². The Morgan fingerprint density at radius 1 is 1.40 bits per heavy atom. The van der Waals surface area contributed by atoms with Crippen molar-refractivity contribution in [3.05, 3.63) is 22.4 Å². The summed E-state index contributed by atoms with van der Waals surface area (Å²) in [6, 6.07) is 3.26. The average Bonchev–Trinajstić information content (AvgIpc) is 3.13. The van der Waals surface area contributed by atoms with Gasteiger partial charge in [-0.25, -0.2) is 0 Å². The van der Waals surface area contributed by atoms with E-state index in [1.807, 2.05) is 27.3 Å². The molecule has 8 heteroatoms. The average molecular weight is 384 g/mol. The fraction of sp³-hybridized carbons (Fsp3) is 0.647. The molecule has 2 aliphatic rings. The second-order valence-electron chi connectivity index (χ2n) is 7.32. The third kappa shape index (κ3) is 3.40. The molecule has 25 heavy (non-hydrogen) atoms. The van der Waals surface area contributed by atoms with E-state index in [2.05, 4.69) is 13.8 Å². The van der Waals surface area contributed by atoms with Crippen molar-refractivity contribution in [1.82, 2.24) is 9.80 Å². The van der Waals surface area contributed by atoms with E-state index in [0.717, 1.165) is 4.88 Å². The van der Waals surface area contributed by atoms with E-state index in [9.17, 15) is 15.0 Å². The topological polar surface area (TPSA) is 90.0 Å². The van der Waals surface area contributed by atoms with Gasteiger partial charge in [0, 0.05) is 11.4 Å². The van der Waals surface area contributed by atoms with Crippen molar-refractivity contribution in [3.63, 3.8) is 0 Å². The molecule has 0 unspecified atom stereocenters. The Morgan fingerprint density at radius 3 is 2.68 bits per heavy atom. The number of primary amides is 1. The first-order chi connectivity index (χ1) is 11.8. The molecule has 138 valence electrons. The Balaban J connectivity index is 1.98. The number of aliphatic hydroxyl groups is 2. The number of hydrogen-bond acceptors (Lipinski definition) is 5. The van der Waals surface area contributed by atoms with E-state index >= 15 is 0 Å². The molecule has 4 N–H and O–H groups in total. The summed E-state index contributed by atoms with van der Waals surface area (Å²) in [5.41, 5.74) is 5.63. The van der Waals surface area contributed by atoms with Crippen LogP contribution in [0.15, 0.2) is 17.5 Å². The van der Waals surface area contributed by atoms with Crippen molar-refractivity contribution in [2.24, 2.45) is 17.6 Å². The number of nitrogens with two attached hydrogens (primary N) is 1. The number of thiophene rings is 1. The smallest absolute Gasteiger partial charge is 0.222 e. The molecule has 1 aromatic rings. The zero-order valence-electron chi connectivity index (χ0n) is 14.4. The van der Waals surface area contributed by atoms with E-state index in [-0.39, 0.29) is 12.5 Å². The predicted molar refractivity (Wildman–Crippen MR) is 101 cm³/mol. The highest BCUT2D eigenvalue weighted by molar-refractivity contribution is 7.80. The van der Waals surface area contributed by atoms with Crippen LogP contribution in [0.3, 0.4) is 0 Å². The van der Waals surface area contributed by atoms with Gasteiger partial charge in [-0.15, -0.1) is 11.3 Å². The number of amides is 1. The van der Waals surface area contributed by atoms with Crippen molar-refractivity contribution in [1.29, 1.82) is 0 Å². The summed E-state index contributed by atoms with van der Waals surface area (Å²) in [5.74, 6) is -0.637. The number of thiocarbonyl (C=S) groups is 1. The minimum atomic E-state index is -0.980. The van der Waals surface area contributed by atoms with Gasteiger partial charge >= 0.3 is 0 Å². The lowest BCUT2D eigenvalue weighted by atomic mass is 9.77. The van der Waals surface area contributed by atoms with Crippen LogP contribution in [0, 0.1) is 11.8 Å². The zero-order valence-corrected chi connectivity index (χ0v) is 16.0. The summed E-state index contributed by atoms with van der Waals surface area (Å²) in [5, 5.41) is 23.6. The van der Waals surface area contributed by atoms with Gasteiger partial charge in [0.15, 0.2) is 5.11 Å². The largest absolute Gasteiger partial charge is 0.390 e. The number of hydrogen-bond donors (Lipinski definition) is 3. The summed E-state index contributed by atoms with van der Waals surface area (Å²) in [6.45, 7) is 5.43. The van der Waals surface area contributed by atoms with Crippen LogP contribution < -0.4 is 5.73 Å². The fourth-order valence-corrected chi connectivity index (χ4v) is 5.10. The maximum atomic E-state index is 12.1. The maximum Gasteiger partial charge on any atom is 0.222 e. The summed E-state index contributed by atoms with van der Waals surface area (Å²) in [4.78, 5) is 17.2. The second-order valence-corrected chi connectivity index (χ2v) is 8.72. The van der Waals surface area contributed by atoms with E-state index < -0.39 is 30.1 Å². The van der Waals surface area contributed by atoms with Gasteiger partial charge in [-0.05, 0) is 36.0 Å². The molecule has 1 saturated heterocycles. The van der Waals surface area contributed by atoms with Gasteiger partial charge in [-0.1, -0.05) is 19.9 Å². The monoisotopic (exact) mass is 383 g/mol. The highest BCUT2D eigenvalue weighted by atomic mass is 32.1. The van der Waals surface area contributed by atoms with Crippen molar-refractivity contribution < 1.29 is 15.0 Å². The molecule has 1 aliphatic carbocycles. The minimum absolute atomic E-state index is 0.168. The molecule has 1 amide bonds. The minimum Gasteiger partial charge on any atom is -0.390 e. The van der Waals surface area contributed by atoms with E-state index in [0.29, 0.717) is 24.1 Å². The first-order valence-corrected chi connectivity index (χ1v) is 9.85. The van der Waals surface area contributed by atoms with Gasteiger partial charge < -0.3 is 25.7 Å². The van der Waals surface area contributed by atoms with Gasteiger partial charge in [-0.2, -0.15) is 0 Å². The second kappa shape index (κ2) is 7.19. The summed E-state index contributed by atoms with van der Waals surface area (Å²) in [6.07, 6.45) is -1.77. The van der Waals surface area contributed by atoms with E-state index in [1.54, 1.807) is 11.3 Å². The molecule has 0 aromatic carbocycles. The van der Waals surface area contributed by atoms with Crippen LogP contribution in [0.5, 0.6) is 0 Å². The molecule has 1 aromatic heterocycles. The Labute approximate surface area is 157 Å². The SMILES string of the molecule is CC(C)CN1C(=S)N(Cc2cccs2)[C@H]2[C@@H](O)[C@H](O)C[C@@H](C(N)=O)[C@H]21. The molecule has 0 bridgehead atoms. The number of carbonyl (C=O) groups is 1. The molecular weight excluding hydrogens is 358 g/mol. The molecule has 5 atom stereocenters. The maximum absolute atomic E-state index is 12.1. The van der Waals surface area contributed by atoms with Crippen LogP contribution >= 0.6 is 23.6 Å². The van der Waals surface area contributed by atoms with Crippen molar-refractivity contribution in [3.8, 4) is 0 Å². The Hall–Kier alpha value is -1.22.